The smallest absolute Gasteiger partial charge is 0.191 e. The number of hydrogen-bond donors (Lipinski definition) is 2. The lowest BCUT2D eigenvalue weighted by Gasteiger charge is -2.08. The Morgan fingerprint density at radius 1 is 1.29 bits per heavy atom. The molecule has 24 heavy (non-hydrogen) atoms. The maximum absolute atomic E-state index is 12.2. The van der Waals surface area contributed by atoms with E-state index < -0.39 is 0 Å². The third-order valence-electron chi connectivity index (χ3n) is 3.45. The van der Waals surface area contributed by atoms with Crippen molar-refractivity contribution in [2.45, 2.75) is 19.9 Å². The first-order valence-corrected chi connectivity index (χ1v) is 7.45. The summed E-state index contributed by atoms with van der Waals surface area (Å²) in [5.74, 6) is 0.825. The number of aromatic nitrogens is 3. The van der Waals surface area contributed by atoms with E-state index in [1.54, 1.807) is 25.4 Å². The Kier molecular flexibility index (Phi) is 4.51. The molecule has 0 aliphatic carbocycles. The van der Waals surface area contributed by atoms with Crippen LogP contribution in [0.15, 0.2) is 47.3 Å². The Morgan fingerprint density at radius 2 is 2.17 bits per heavy atom. The molecular weight excluding hydrogens is 306 g/mol. The topological polar surface area (TPSA) is 107 Å². The van der Waals surface area contributed by atoms with Gasteiger partial charge in [-0.25, -0.2) is 9.97 Å². The number of nitrogens with one attached hydrogen (secondary N) is 1. The molecule has 0 unspecified atom stereocenters. The Morgan fingerprint density at radius 3 is 2.92 bits per heavy atom. The molecule has 7 heteroatoms. The number of hydrogen-bond acceptors (Lipinski definition) is 7. The third kappa shape index (κ3) is 3.75. The second kappa shape index (κ2) is 6.91. The summed E-state index contributed by atoms with van der Waals surface area (Å²) in [7, 11) is 0. The second-order valence-corrected chi connectivity index (χ2v) is 5.30. The molecule has 0 aromatic carbocycles. The number of anilines is 2. The van der Waals surface area contributed by atoms with E-state index in [1.807, 2.05) is 18.2 Å². The minimum Gasteiger partial charge on any atom is -0.449 e. The molecule has 3 heterocycles. The molecule has 122 valence electrons. The van der Waals surface area contributed by atoms with Crippen molar-refractivity contribution in [1.29, 1.82) is 0 Å². The zero-order chi connectivity index (χ0) is 16.9. The van der Waals surface area contributed by atoms with Crippen LogP contribution >= 0.6 is 0 Å². The molecule has 0 amide bonds. The highest BCUT2D eigenvalue weighted by Crippen LogP contribution is 2.15. The minimum absolute atomic E-state index is 0.0894. The molecule has 0 saturated heterocycles. The van der Waals surface area contributed by atoms with Crippen molar-refractivity contribution in [3.05, 3.63) is 65.8 Å². The van der Waals surface area contributed by atoms with Crippen LogP contribution in [0, 0.1) is 6.92 Å². The van der Waals surface area contributed by atoms with Gasteiger partial charge in [-0.15, -0.1) is 0 Å². The van der Waals surface area contributed by atoms with Crippen LogP contribution in [0.3, 0.4) is 0 Å². The van der Waals surface area contributed by atoms with Gasteiger partial charge in [-0.05, 0) is 29.8 Å². The van der Waals surface area contributed by atoms with E-state index in [1.165, 1.54) is 6.26 Å². The van der Waals surface area contributed by atoms with Crippen LogP contribution in [0.25, 0.3) is 0 Å². The number of aryl methyl sites for hydroxylation is 1. The summed E-state index contributed by atoms with van der Waals surface area (Å²) in [6.45, 7) is 2.19. The lowest BCUT2D eigenvalue weighted by atomic mass is 10.1. The van der Waals surface area contributed by atoms with Crippen molar-refractivity contribution in [2.24, 2.45) is 0 Å². The summed E-state index contributed by atoms with van der Waals surface area (Å²) in [5, 5.41) is 3.18. The number of nitrogens with zero attached hydrogens (tertiary/aromatic N) is 3. The highest BCUT2D eigenvalue weighted by atomic mass is 16.3. The van der Waals surface area contributed by atoms with Gasteiger partial charge in [-0.2, -0.15) is 0 Å². The largest absolute Gasteiger partial charge is 0.449 e. The van der Waals surface area contributed by atoms with E-state index in [-0.39, 0.29) is 12.2 Å². The summed E-state index contributed by atoms with van der Waals surface area (Å²) in [4.78, 5) is 24.5. The number of nitrogens with two attached hydrogens (primary N) is 1. The lowest BCUT2D eigenvalue weighted by Crippen LogP contribution is -2.07. The molecule has 0 spiro atoms. The number of carbonyl (C=O) groups is 1. The van der Waals surface area contributed by atoms with Gasteiger partial charge in [0, 0.05) is 25.7 Å². The van der Waals surface area contributed by atoms with Gasteiger partial charge in [0.15, 0.2) is 11.7 Å². The fraction of sp³-hybridized carbons (Fsp3) is 0.176. The number of oxazole rings is 1. The Hall–Kier alpha value is -3.22. The maximum Gasteiger partial charge on any atom is 0.191 e. The predicted octanol–water partition coefficient (Wildman–Crippen LogP) is 2.39. The summed E-state index contributed by atoms with van der Waals surface area (Å²) in [6.07, 6.45) is 4.94. The van der Waals surface area contributed by atoms with Crippen LogP contribution in [0.2, 0.25) is 0 Å². The average molecular weight is 323 g/mol. The van der Waals surface area contributed by atoms with E-state index in [9.17, 15) is 4.79 Å². The number of rotatable bonds is 6. The summed E-state index contributed by atoms with van der Waals surface area (Å²) < 4.78 is 5.07. The van der Waals surface area contributed by atoms with Crippen molar-refractivity contribution in [2.75, 3.05) is 11.1 Å². The van der Waals surface area contributed by atoms with Gasteiger partial charge in [-0.1, -0.05) is 0 Å². The first kappa shape index (κ1) is 15.7. The molecule has 3 aromatic rings. The van der Waals surface area contributed by atoms with Crippen LogP contribution in [0.5, 0.6) is 0 Å². The standard InChI is InChI=1S/C17H17N5O2/c1-11-22-15(10-24-11)16(23)8-12-4-6-19-13(7-12)9-21-14-3-2-5-20-17(14)18/h2-7,10,21H,8-9H2,1H3,(H2,18,20). The SMILES string of the molecule is Cc1nc(C(=O)Cc2ccnc(CNc3cccnc3N)c2)co1. The van der Waals surface area contributed by atoms with Gasteiger partial charge in [0.25, 0.3) is 0 Å². The summed E-state index contributed by atoms with van der Waals surface area (Å²) >= 11 is 0. The predicted molar refractivity (Wildman–Crippen MR) is 89.5 cm³/mol. The van der Waals surface area contributed by atoms with Crippen molar-refractivity contribution in [1.82, 2.24) is 15.0 Å². The van der Waals surface area contributed by atoms with E-state index in [4.69, 9.17) is 10.2 Å². The van der Waals surface area contributed by atoms with Crippen molar-refractivity contribution in [3.8, 4) is 0 Å². The highest BCUT2D eigenvalue weighted by molar-refractivity contribution is 5.95. The van der Waals surface area contributed by atoms with Crippen molar-refractivity contribution in [3.63, 3.8) is 0 Å². The molecule has 3 aromatic heterocycles. The monoisotopic (exact) mass is 323 g/mol. The zero-order valence-corrected chi connectivity index (χ0v) is 13.2. The van der Waals surface area contributed by atoms with Gasteiger partial charge < -0.3 is 15.5 Å². The Bertz CT molecular complexity index is 859. The minimum atomic E-state index is -0.0894. The molecule has 0 radical (unpaired) electrons. The molecule has 3 N–H and O–H groups in total. The molecule has 0 atom stereocenters. The normalized spacial score (nSPS) is 10.5. The van der Waals surface area contributed by atoms with Crippen molar-refractivity contribution >= 4 is 17.3 Å². The number of carbonyl (C=O) groups excluding carboxylic acids is 1. The van der Waals surface area contributed by atoms with E-state index >= 15 is 0 Å². The fourth-order valence-electron chi connectivity index (χ4n) is 2.25. The number of ketones is 1. The van der Waals surface area contributed by atoms with E-state index in [0.717, 1.165) is 16.9 Å². The molecule has 0 aliphatic heterocycles. The lowest BCUT2D eigenvalue weighted by molar-refractivity contribution is 0.0988. The Balaban J connectivity index is 1.66. The van der Waals surface area contributed by atoms with Gasteiger partial charge in [0.2, 0.25) is 0 Å². The third-order valence-corrected chi connectivity index (χ3v) is 3.45. The zero-order valence-electron chi connectivity index (χ0n) is 13.2. The van der Waals surface area contributed by atoms with Crippen LogP contribution in [-0.4, -0.2) is 20.7 Å². The van der Waals surface area contributed by atoms with Crippen LogP contribution in [-0.2, 0) is 13.0 Å². The number of pyridine rings is 2. The van der Waals surface area contributed by atoms with E-state index in [0.29, 0.717) is 23.9 Å². The quantitative estimate of drug-likeness (QED) is 0.671. The molecule has 0 fully saturated rings. The van der Waals surface area contributed by atoms with Crippen LogP contribution in [0.1, 0.15) is 27.6 Å². The average Bonchev–Trinajstić information content (AvgIpc) is 3.01. The first-order chi connectivity index (χ1) is 11.6. The number of Topliss-reactive ketones (excluding diaryl/α,β-unsaturated/α-hetero) is 1. The molecular formula is C17H17N5O2. The molecule has 3 rings (SSSR count). The van der Waals surface area contributed by atoms with Gasteiger partial charge in [-0.3, -0.25) is 9.78 Å². The summed E-state index contributed by atoms with van der Waals surface area (Å²) in [6, 6.07) is 7.35. The van der Waals surface area contributed by atoms with Gasteiger partial charge in [0.1, 0.15) is 17.8 Å². The summed E-state index contributed by atoms with van der Waals surface area (Å²) in [5.41, 5.74) is 8.55. The molecule has 0 aliphatic rings. The molecule has 7 nitrogen and oxygen atoms in total. The Labute approximate surface area is 139 Å². The maximum atomic E-state index is 12.2. The van der Waals surface area contributed by atoms with Crippen molar-refractivity contribution < 1.29 is 9.21 Å². The molecule has 0 saturated carbocycles. The van der Waals surface area contributed by atoms with E-state index in [2.05, 4.69) is 20.3 Å². The highest BCUT2D eigenvalue weighted by Gasteiger charge is 2.12. The van der Waals surface area contributed by atoms with Crippen LogP contribution in [0.4, 0.5) is 11.5 Å². The molecule has 0 bridgehead atoms. The second-order valence-electron chi connectivity index (χ2n) is 5.30. The van der Waals surface area contributed by atoms with Crippen LogP contribution < -0.4 is 11.1 Å². The van der Waals surface area contributed by atoms with Gasteiger partial charge >= 0.3 is 0 Å². The number of nitrogen functional groups attached to an aromatic ring is 1. The first-order valence-electron chi connectivity index (χ1n) is 7.45. The fourth-order valence-corrected chi connectivity index (χ4v) is 2.25. The van der Waals surface area contributed by atoms with Gasteiger partial charge in [0.05, 0.1) is 17.9 Å².